The highest BCUT2D eigenvalue weighted by Crippen LogP contribution is 2.33. The van der Waals surface area contributed by atoms with Gasteiger partial charge in [-0.05, 0) is 46.4 Å². The van der Waals surface area contributed by atoms with E-state index in [2.05, 4.69) is 67.5 Å². The lowest BCUT2D eigenvalue weighted by molar-refractivity contribution is 0.562. The van der Waals surface area contributed by atoms with Crippen LogP contribution in [-0.4, -0.2) is 0 Å². The third-order valence-corrected chi connectivity index (χ3v) is 3.50. The molecule has 0 N–H and O–H groups in total. The zero-order chi connectivity index (χ0) is 15.4. The van der Waals surface area contributed by atoms with Gasteiger partial charge in [0.25, 0.3) is 0 Å². The summed E-state index contributed by atoms with van der Waals surface area (Å²) in [5, 5.41) is 0. The highest BCUT2D eigenvalue weighted by Gasteiger charge is 2.22. The first-order valence-corrected chi connectivity index (χ1v) is 7.72. The summed E-state index contributed by atoms with van der Waals surface area (Å²) >= 11 is 0. The van der Waals surface area contributed by atoms with Gasteiger partial charge in [-0.25, -0.2) is 0 Å². The SMILES string of the molecule is CC.CCc1c(C)cc(C(C)(C)C)cc1C(C)(C)C. The van der Waals surface area contributed by atoms with Gasteiger partial charge in [-0.2, -0.15) is 0 Å². The lowest BCUT2D eigenvalue weighted by Gasteiger charge is -2.28. The Morgan fingerprint density at radius 3 is 1.63 bits per heavy atom. The van der Waals surface area contributed by atoms with Crippen molar-refractivity contribution in [3.05, 3.63) is 34.4 Å². The number of hydrogen-bond acceptors (Lipinski definition) is 0. The van der Waals surface area contributed by atoms with E-state index in [0.717, 1.165) is 6.42 Å². The van der Waals surface area contributed by atoms with Gasteiger partial charge in [0.1, 0.15) is 0 Å². The first-order chi connectivity index (χ1) is 8.57. The van der Waals surface area contributed by atoms with E-state index < -0.39 is 0 Å². The predicted molar refractivity (Wildman–Crippen MR) is 89.3 cm³/mol. The number of aryl methyl sites for hydroxylation is 1. The van der Waals surface area contributed by atoms with Crippen LogP contribution in [0.25, 0.3) is 0 Å². The lowest BCUT2D eigenvalue weighted by atomic mass is 9.76. The van der Waals surface area contributed by atoms with E-state index in [-0.39, 0.29) is 10.8 Å². The molecule has 0 aliphatic rings. The molecule has 19 heavy (non-hydrogen) atoms. The minimum atomic E-state index is 0.233. The van der Waals surface area contributed by atoms with Crippen LogP contribution in [0, 0.1) is 6.92 Å². The molecule has 0 aliphatic heterocycles. The summed E-state index contributed by atoms with van der Waals surface area (Å²) in [5.41, 5.74) is 6.42. The molecule has 0 saturated heterocycles. The summed E-state index contributed by atoms with van der Waals surface area (Å²) in [6.45, 7) is 22.3. The van der Waals surface area contributed by atoms with Gasteiger partial charge in [-0.1, -0.05) is 74.4 Å². The van der Waals surface area contributed by atoms with Crippen LogP contribution in [-0.2, 0) is 17.3 Å². The van der Waals surface area contributed by atoms with Crippen molar-refractivity contribution in [2.45, 2.75) is 86.5 Å². The Bertz CT molecular complexity index is 397. The van der Waals surface area contributed by atoms with Crippen LogP contribution in [0.5, 0.6) is 0 Å². The van der Waals surface area contributed by atoms with Crippen LogP contribution in [0.1, 0.15) is 84.6 Å². The highest BCUT2D eigenvalue weighted by molar-refractivity contribution is 5.44. The Kier molecular flexibility index (Phi) is 6.32. The molecule has 0 atom stereocenters. The monoisotopic (exact) mass is 262 g/mol. The van der Waals surface area contributed by atoms with Crippen LogP contribution in [0.3, 0.4) is 0 Å². The van der Waals surface area contributed by atoms with Crippen molar-refractivity contribution in [2.75, 3.05) is 0 Å². The molecule has 0 bridgehead atoms. The van der Waals surface area contributed by atoms with Crippen LogP contribution >= 0.6 is 0 Å². The van der Waals surface area contributed by atoms with Gasteiger partial charge >= 0.3 is 0 Å². The smallest absolute Gasteiger partial charge is 0.0129 e. The number of rotatable bonds is 1. The molecule has 1 aromatic carbocycles. The summed E-state index contributed by atoms with van der Waals surface area (Å²) in [6, 6.07) is 4.79. The molecule has 0 nitrogen and oxygen atoms in total. The maximum absolute atomic E-state index is 2.42. The third kappa shape index (κ3) is 4.67. The van der Waals surface area contributed by atoms with Crippen molar-refractivity contribution >= 4 is 0 Å². The second kappa shape index (κ2) is 6.59. The molecule has 0 fully saturated rings. The molecule has 0 aliphatic carbocycles. The average molecular weight is 262 g/mol. The Balaban J connectivity index is 0.00000154. The summed E-state index contributed by atoms with van der Waals surface area (Å²) in [5.74, 6) is 0. The molecule has 0 heteroatoms. The second-order valence-electron chi connectivity index (χ2n) is 7.17. The van der Waals surface area contributed by atoms with E-state index >= 15 is 0 Å². The summed E-state index contributed by atoms with van der Waals surface area (Å²) in [4.78, 5) is 0. The van der Waals surface area contributed by atoms with Crippen molar-refractivity contribution < 1.29 is 0 Å². The molecule has 0 radical (unpaired) electrons. The van der Waals surface area contributed by atoms with Crippen molar-refractivity contribution in [2.24, 2.45) is 0 Å². The average Bonchev–Trinajstić information content (AvgIpc) is 2.28. The van der Waals surface area contributed by atoms with Crippen LogP contribution < -0.4 is 0 Å². The fourth-order valence-corrected chi connectivity index (χ4v) is 2.39. The Hall–Kier alpha value is -0.780. The molecular weight excluding hydrogens is 228 g/mol. The Morgan fingerprint density at radius 2 is 1.32 bits per heavy atom. The topological polar surface area (TPSA) is 0 Å². The largest absolute Gasteiger partial charge is 0.0683 e. The summed E-state index contributed by atoms with van der Waals surface area (Å²) in [7, 11) is 0. The van der Waals surface area contributed by atoms with Gasteiger partial charge < -0.3 is 0 Å². The first-order valence-electron chi connectivity index (χ1n) is 7.72. The van der Waals surface area contributed by atoms with Gasteiger partial charge in [-0.3, -0.25) is 0 Å². The zero-order valence-electron chi connectivity index (χ0n) is 14.9. The lowest BCUT2D eigenvalue weighted by Crippen LogP contribution is -2.19. The third-order valence-electron chi connectivity index (χ3n) is 3.50. The molecule has 0 saturated carbocycles. The van der Waals surface area contributed by atoms with Crippen LogP contribution in [0.4, 0.5) is 0 Å². The van der Waals surface area contributed by atoms with E-state index in [4.69, 9.17) is 0 Å². The number of benzene rings is 1. The Morgan fingerprint density at radius 1 is 0.842 bits per heavy atom. The minimum absolute atomic E-state index is 0.233. The first kappa shape index (κ1) is 18.2. The van der Waals surface area contributed by atoms with Crippen molar-refractivity contribution in [1.82, 2.24) is 0 Å². The predicted octanol–water partition coefficient (Wildman–Crippen LogP) is 6.18. The maximum atomic E-state index is 2.42. The second-order valence-corrected chi connectivity index (χ2v) is 7.17. The van der Waals surface area contributed by atoms with E-state index in [0.29, 0.717) is 0 Å². The quantitative estimate of drug-likeness (QED) is 0.567. The maximum Gasteiger partial charge on any atom is -0.0129 e. The molecular formula is C19H34. The summed E-state index contributed by atoms with van der Waals surface area (Å²) in [6.07, 6.45) is 1.13. The zero-order valence-corrected chi connectivity index (χ0v) is 14.9. The highest BCUT2D eigenvalue weighted by atomic mass is 14.3. The van der Waals surface area contributed by atoms with E-state index in [1.807, 2.05) is 13.8 Å². The van der Waals surface area contributed by atoms with Gasteiger partial charge in [0.15, 0.2) is 0 Å². The van der Waals surface area contributed by atoms with Crippen LogP contribution in [0.15, 0.2) is 12.1 Å². The van der Waals surface area contributed by atoms with Gasteiger partial charge in [0.05, 0.1) is 0 Å². The van der Waals surface area contributed by atoms with Gasteiger partial charge in [0.2, 0.25) is 0 Å². The van der Waals surface area contributed by atoms with Crippen LogP contribution in [0.2, 0.25) is 0 Å². The molecule has 0 unspecified atom stereocenters. The Labute approximate surface area is 121 Å². The van der Waals surface area contributed by atoms with E-state index in [1.54, 1.807) is 0 Å². The minimum Gasteiger partial charge on any atom is -0.0683 e. The molecule has 0 aromatic heterocycles. The molecule has 1 rings (SSSR count). The van der Waals surface area contributed by atoms with Crippen molar-refractivity contribution in [1.29, 1.82) is 0 Å². The summed E-state index contributed by atoms with van der Waals surface area (Å²) < 4.78 is 0. The fraction of sp³-hybridized carbons (Fsp3) is 0.684. The molecule has 0 spiro atoms. The number of hydrogen-bond donors (Lipinski definition) is 0. The molecule has 0 amide bonds. The fourth-order valence-electron chi connectivity index (χ4n) is 2.39. The van der Waals surface area contributed by atoms with Crippen molar-refractivity contribution in [3.63, 3.8) is 0 Å². The molecule has 1 aromatic rings. The standard InChI is InChI=1S/C17H28.C2H6/c1-9-14-12(2)10-13(16(3,4)5)11-15(14)17(6,7)8;1-2/h10-11H,9H2,1-8H3;1-2H3. The van der Waals surface area contributed by atoms with Crippen molar-refractivity contribution in [3.8, 4) is 0 Å². The normalized spacial score (nSPS) is 11.9. The van der Waals surface area contributed by atoms with Gasteiger partial charge in [-0.15, -0.1) is 0 Å². The van der Waals surface area contributed by atoms with E-state index in [1.165, 1.54) is 22.3 Å². The molecule has 0 heterocycles. The van der Waals surface area contributed by atoms with Gasteiger partial charge in [0, 0.05) is 0 Å². The molecule has 110 valence electrons. The van der Waals surface area contributed by atoms with E-state index in [9.17, 15) is 0 Å².